The fourth-order valence-electron chi connectivity index (χ4n) is 2.86. The number of sulfone groups is 1. The second kappa shape index (κ2) is 5.56. The summed E-state index contributed by atoms with van der Waals surface area (Å²) in [5, 5.41) is 0. The highest BCUT2D eigenvalue weighted by molar-refractivity contribution is 7.91. The van der Waals surface area contributed by atoms with Gasteiger partial charge in [-0.15, -0.1) is 0 Å². The predicted octanol–water partition coefficient (Wildman–Crippen LogP) is 3.41. The number of hydrogen-bond donors (Lipinski definition) is 0. The third-order valence-electron chi connectivity index (χ3n) is 4.03. The van der Waals surface area contributed by atoms with Crippen molar-refractivity contribution in [2.75, 3.05) is 17.2 Å². The molecule has 1 aromatic carbocycles. The van der Waals surface area contributed by atoms with Crippen LogP contribution in [0.25, 0.3) is 0 Å². The molecule has 1 aliphatic rings. The van der Waals surface area contributed by atoms with Crippen molar-refractivity contribution in [1.82, 2.24) is 0 Å². The Bertz CT molecular complexity index is 690. The summed E-state index contributed by atoms with van der Waals surface area (Å²) in [6.45, 7) is 2.63. The molecule has 4 nitrogen and oxygen atoms in total. The van der Waals surface area contributed by atoms with E-state index in [-0.39, 0.29) is 11.8 Å². The summed E-state index contributed by atoms with van der Waals surface area (Å²) in [4.78, 5) is 2.67. The molecule has 112 valence electrons. The summed E-state index contributed by atoms with van der Waals surface area (Å²) < 4.78 is 29.2. The summed E-state index contributed by atoms with van der Waals surface area (Å²) in [5.74, 6) is 1.10. The zero-order valence-electron chi connectivity index (χ0n) is 12.0. The summed E-state index contributed by atoms with van der Waals surface area (Å²) in [5.41, 5.74) is 1.05. The van der Waals surface area contributed by atoms with E-state index in [4.69, 9.17) is 4.42 Å². The molecule has 0 amide bonds. The Kier molecular flexibility index (Phi) is 3.76. The lowest BCUT2D eigenvalue weighted by atomic mass is 10.1. The minimum absolute atomic E-state index is 0.130. The van der Waals surface area contributed by atoms with Gasteiger partial charge >= 0.3 is 0 Å². The van der Waals surface area contributed by atoms with Crippen molar-refractivity contribution in [3.05, 3.63) is 48.4 Å². The van der Waals surface area contributed by atoms with E-state index in [9.17, 15) is 8.42 Å². The lowest BCUT2D eigenvalue weighted by molar-refractivity contribution is 0.465. The molecule has 21 heavy (non-hydrogen) atoms. The summed E-state index contributed by atoms with van der Waals surface area (Å²) >= 11 is 0. The largest absolute Gasteiger partial charge is 0.467 e. The van der Waals surface area contributed by atoms with E-state index >= 15 is 0 Å². The molecule has 3 rings (SSSR count). The standard InChI is InChI=1S/C16H19NO3S/c1-2-21(18,19)14-9-7-13(8-10-14)17-11-3-5-15(17)16-6-4-12-20-16/h4,6-10,12,15H,2-3,5,11H2,1H3. The van der Waals surface area contributed by atoms with Crippen molar-refractivity contribution in [2.24, 2.45) is 0 Å². The van der Waals surface area contributed by atoms with Crippen LogP contribution in [0.4, 0.5) is 5.69 Å². The first-order valence-electron chi connectivity index (χ1n) is 7.24. The van der Waals surface area contributed by atoms with Gasteiger partial charge in [-0.3, -0.25) is 0 Å². The van der Waals surface area contributed by atoms with Crippen molar-refractivity contribution in [3.63, 3.8) is 0 Å². The van der Waals surface area contributed by atoms with Gasteiger partial charge in [0.2, 0.25) is 0 Å². The molecule has 1 atom stereocenters. The second-order valence-electron chi connectivity index (χ2n) is 5.26. The molecule has 1 fully saturated rings. The van der Waals surface area contributed by atoms with Crippen LogP contribution >= 0.6 is 0 Å². The summed E-state index contributed by atoms with van der Waals surface area (Å²) in [6, 6.07) is 11.3. The fourth-order valence-corrected chi connectivity index (χ4v) is 3.75. The van der Waals surface area contributed by atoms with Crippen LogP contribution in [-0.4, -0.2) is 20.7 Å². The van der Waals surface area contributed by atoms with Gasteiger partial charge in [-0.2, -0.15) is 0 Å². The van der Waals surface area contributed by atoms with E-state index < -0.39 is 9.84 Å². The first kappa shape index (κ1) is 14.2. The van der Waals surface area contributed by atoms with Crippen molar-refractivity contribution in [1.29, 1.82) is 0 Å². The minimum Gasteiger partial charge on any atom is -0.467 e. The molecule has 1 aromatic heterocycles. The molecule has 1 saturated heterocycles. The van der Waals surface area contributed by atoms with Crippen LogP contribution in [0, 0.1) is 0 Å². The van der Waals surface area contributed by atoms with E-state index in [0.717, 1.165) is 30.8 Å². The average molecular weight is 305 g/mol. The maximum atomic E-state index is 11.9. The number of hydrogen-bond acceptors (Lipinski definition) is 4. The quantitative estimate of drug-likeness (QED) is 0.868. The van der Waals surface area contributed by atoms with Crippen LogP contribution in [0.5, 0.6) is 0 Å². The number of rotatable bonds is 4. The van der Waals surface area contributed by atoms with Crippen LogP contribution in [-0.2, 0) is 9.84 Å². The van der Waals surface area contributed by atoms with Gasteiger partial charge in [0.25, 0.3) is 0 Å². The maximum Gasteiger partial charge on any atom is 0.178 e. The Hall–Kier alpha value is -1.75. The van der Waals surface area contributed by atoms with Crippen LogP contribution in [0.1, 0.15) is 31.6 Å². The van der Waals surface area contributed by atoms with Crippen LogP contribution in [0.3, 0.4) is 0 Å². The maximum absolute atomic E-state index is 11.9. The van der Waals surface area contributed by atoms with Gasteiger partial charge in [0.1, 0.15) is 5.76 Å². The van der Waals surface area contributed by atoms with E-state index in [2.05, 4.69) is 4.90 Å². The Morgan fingerprint density at radius 1 is 1.24 bits per heavy atom. The number of anilines is 1. The molecule has 0 aliphatic carbocycles. The highest BCUT2D eigenvalue weighted by Crippen LogP contribution is 2.36. The minimum atomic E-state index is -3.13. The van der Waals surface area contributed by atoms with Crippen LogP contribution < -0.4 is 4.90 Å². The highest BCUT2D eigenvalue weighted by atomic mass is 32.2. The van der Waals surface area contributed by atoms with Crippen molar-refractivity contribution >= 4 is 15.5 Å². The van der Waals surface area contributed by atoms with Gasteiger partial charge in [-0.05, 0) is 49.2 Å². The van der Waals surface area contributed by atoms with Crippen molar-refractivity contribution in [3.8, 4) is 0 Å². The average Bonchev–Trinajstić information content (AvgIpc) is 3.18. The lowest BCUT2D eigenvalue weighted by Gasteiger charge is -2.25. The number of furan rings is 1. The third-order valence-corrected chi connectivity index (χ3v) is 5.78. The van der Waals surface area contributed by atoms with E-state index in [0.29, 0.717) is 4.90 Å². The fraction of sp³-hybridized carbons (Fsp3) is 0.375. The zero-order chi connectivity index (χ0) is 14.9. The molecule has 0 bridgehead atoms. The molecule has 0 radical (unpaired) electrons. The Balaban J connectivity index is 1.87. The van der Waals surface area contributed by atoms with Gasteiger partial charge in [0.15, 0.2) is 9.84 Å². The monoisotopic (exact) mass is 305 g/mol. The van der Waals surface area contributed by atoms with Gasteiger partial charge in [-0.1, -0.05) is 6.92 Å². The molecule has 0 saturated carbocycles. The first-order valence-corrected chi connectivity index (χ1v) is 8.90. The molecule has 2 heterocycles. The third kappa shape index (κ3) is 2.70. The van der Waals surface area contributed by atoms with E-state index in [1.165, 1.54) is 0 Å². The predicted molar refractivity (Wildman–Crippen MR) is 82.2 cm³/mol. The molecule has 1 aliphatic heterocycles. The van der Waals surface area contributed by atoms with Crippen LogP contribution in [0.2, 0.25) is 0 Å². The molecular weight excluding hydrogens is 286 g/mol. The van der Waals surface area contributed by atoms with Gasteiger partial charge < -0.3 is 9.32 Å². The summed E-state index contributed by atoms with van der Waals surface area (Å²) in [6.07, 6.45) is 3.87. The normalized spacial score (nSPS) is 19.1. The molecule has 2 aromatic rings. The number of nitrogens with zero attached hydrogens (tertiary/aromatic N) is 1. The van der Waals surface area contributed by atoms with Crippen molar-refractivity contribution < 1.29 is 12.8 Å². The lowest BCUT2D eigenvalue weighted by Crippen LogP contribution is -2.22. The SMILES string of the molecule is CCS(=O)(=O)c1ccc(N2CCCC2c2ccco2)cc1. The molecular formula is C16H19NO3S. The topological polar surface area (TPSA) is 50.5 Å². The Morgan fingerprint density at radius 3 is 2.62 bits per heavy atom. The molecule has 5 heteroatoms. The highest BCUT2D eigenvalue weighted by Gasteiger charge is 2.28. The number of benzene rings is 1. The molecule has 1 unspecified atom stereocenters. The smallest absolute Gasteiger partial charge is 0.178 e. The van der Waals surface area contributed by atoms with Crippen LogP contribution in [0.15, 0.2) is 52.0 Å². The van der Waals surface area contributed by atoms with E-state index in [1.54, 1.807) is 25.3 Å². The van der Waals surface area contributed by atoms with Crippen molar-refractivity contribution in [2.45, 2.75) is 30.7 Å². The molecule has 0 N–H and O–H groups in total. The van der Waals surface area contributed by atoms with Gasteiger partial charge in [0, 0.05) is 12.2 Å². The zero-order valence-corrected chi connectivity index (χ0v) is 12.8. The Labute approximate surface area is 125 Å². The van der Waals surface area contributed by atoms with E-state index in [1.807, 2.05) is 24.3 Å². The van der Waals surface area contributed by atoms with Gasteiger partial charge in [0.05, 0.1) is 23.0 Å². The Morgan fingerprint density at radius 2 is 2.00 bits per heavy atom. The first-order chi connectivity index (χ1) is 10.1. The molecule has 0 spiro atoms. The summed E-state index contributed by atoms with van der Waals surface area (Å²) in [7, 11) is -3.13. The second-order valence-corrected chi connectivity index (χ2v) is 7.54. The van der Waals surface area contributed by atoms with Gasteiger partial charge in [-0.25, -0.2) is 8.42 Å².